The Morgan fingerprint density at radius 3 is 2.61 bits per heavy atom. The highest BCUT2D eigenvalue weighted by Crippen LogP contribution is 2.39. The lowest BCUT2D eigenvalue weighted by molar-refractivity contribution is -0.146. The molecule has 0 spiro atoms. The van der Waals surface area contributed by atoms with Gasteiger partial charge in [0.15, 0.2) is 5.79 Å². The van der Waals surface area contributed by atoms with E-state index in [-0.39, 0.29) is 12.2 Å². The smallest absolute Gasteiger partial charge is 0.164 e. The summed E-state index contributed by atoms with van der Waals surface area (Å²) in [6.45, 7) is 7.59. The van der Waals surface area contributed by atoms with Crippen LogP contribution in [-0.2, 0) is 9.47 Å². The Kier molecular flexibility index (Phi) is 4.00. The van der Waals surface area contributed by atoms with Crippen molar-refractivity contribution in [3.8, 4) is 0 Å². The van der Waals surface area contributed by atoms with Gasteiger partial charge in [0.05, 0.1) is 6.10 Å². The zero-order valence-corrected chi connectivity index (χ0v) is 11.0. The van der Waals surface area contributed by atoms with Gasteiger partial charge in [-0.2, -0.15) is 0 Å². The normalized spacial score (nSPS) is 26.6. The van der Waals surface area contributed by atoms with Gasteiger partial charge in [-0.25, -0.2) is 0 Å². The van der Waals surface area contributed by atoms with Gasteiger partial charge in [-0.05, 0) is 25.8 Å². The van der Waals surface area contributed by atoms with Gasteiger partial charge in [0.25, 0.3) is 0 Å². The zero-order valence-electron chi connectivity index (χ0n) is 11.0. The molecule has 0 radical (unpaired) electrons. The number of ether oxygens (including phenoxy) is 2. The van der Waals surface area contributed by atoms with E-state index in [0.717, 1.165) is 6.42 Å². The van der Waals surface area contributed by atoms with Crippen LogP contribution >= 0.6 is 0 Å². The van der Waals surface area contributed by atoms with Crippen molar-refractivity contribution in [2.24, 2.45) is 0 Å². The van der Waals surface area contributed by atoms with E-state index in [1.54, 1.807) is 6.08 Å². The van der Waals surface area contributed by atoms with Crippen molar-refractivity contribution < 1.29 is 9.47 Å². The average Bonchev–Trinajstić information content (AvgIpc) is 2.66. The summed E-state index contributed by atoms with van der Waals surface area (Å²) in [6, 6.07) is 10.2. The van der Waals surface area contributed by atoms with Crippen LogP contribution in [0.15, 0.2) is 55.1 Å². The molecule has 1 aliphatic rings. The molecule has 1 aliphatic heterocycles. The first-order valence-corrected chi connectivity index (χ1v) is 6.30. The quantitative estimate of drug-likeness (QED) is 0.745. The molecule has 1 saturated heterocycles. The average molecular weight is 244 g/mol. The third-order valence-corrected chi connectivity index (χ3v) is 2.95. The third-order valence-electron chi connectivity index (χ3n) is 2.95. The Balaban J connectivity index is 2.15. The molecule has 0 N–H and O–H groups in total. The summed E-state index contributed by atoms with van der Waals surface area (Å²) in [5.41, 5.74) is 1.17. The highest BCUT2D eigenvalue weighted by molar-refractivity contribution is 5.20. The number of hydrogen-bond acceptors (Lipinski definition) is 2. The van der Waals surface area contributed by atoms with Crippen LogP contribution in [0.3, 0.4) is 0 Å². The van der Waals surface area contributed by atoms with Crippen LogP contribution in [0.5, 0.6) is 0 Å². The largest absolute Gasteiger partial charge is 0.344 e. The van der Waals surface area contributed by atoms with Crippen molar-refractivity contribution in [3.05, 3.63) is 60.7 Å². The van der Waals surface area contributed by atoms with Gasteiger partial charge in [-0.3, -0.25) is 0 Å². The first kappa shape index (κ1) is 13.1. The van der Waals surface area contributed by atoms with Crippen LogP contribution in [0.4, 0.5) is 0 Å². The molecule has 1 heterocycles. The Labute approximate surface area is 109 Å². The van der Waals surface area contributed by atoms with Crippen molar-refractivity contribution in [1.82, 2.24) is 0 Å². The Morgan fingerprint density at radius 2 is 1.94 bits per heavy atom. The van der Waals surface area contributed by atoms with Gasteiger partial charge in [-0.1, -0.05) is 55.1 Å². The molecular formula is C16H20O2. The van der Waals surface area contributed by atoms with Gasteiger partial charge in [0.2, 0.25) is 0 Å². The van der Waals surface area contributed by atoms with Crippen LogP contribution in [0.1, 0.15) is 31.9 Å². The van der Waals surface area contributed by atoms with Crippen molar-refractivity contribution in [3.63, 3.8) is 0 Å². The summed E-state index contributed by atoms with van der Waals surface area (Å²) in [6.07, 6.45) is 6.66. The molecule has 2 rings (SSSR count). The molecule has 0 saturated carbocycles. The van der Waals surface area contributed by atoms with E-state index in [9.17, 15) is 0 Å². The Bertz CT molecular complexity index is 420. The highest BCUT2D eigenvalue weighted by atomic mass is 16.7. The molecule has 1 aromatic carbocycles. The zero-order chi connectivity index (χ0) is 13.0. The maximum atomic E-state index is 6.00. The minimum atomic E-state index is -0.521. The lowest BCUT2D eigenvalue weighted by Gasteiger charge is -2.16. The van der Waals surface area contributed by atoms with E-state index >= 15 is 0 Å². The second kappa shape index (κ2) is 5.51. The molecule has 0 amide bonds. The third kappa shape index (κ3) is 3.09. The van der Waals surface area contributed by atoms with Gasteiger partial charge >= 0.3 is 0 Å². The fourth-order valence-electron chi connectivity index (χ4n) is 2.24. The summed E-state index contributed by atoms with van der Waals surface area (Å²) in [5.74, 6) is -0.521. The summed E-state index contributed by atoms with van der Waals surface area (Å²) in [5, 5.41) is 0. The monoisotopic (exact) mass is 244 g/mol. The van der Waals surface area contributed by atoms with Gasteiger partial charge < -0.3 is 9.47 Å². The molecule has 2 heteroatoms. The van der Waals surface area contributed by atoms with Gasteiger partial charge in [-0.15, -0.1) is 0 Å². The molecular weight excluding hydrogens is 224 g/mol. The van der Waals surface area contributed by atoms with Crippen LogP contribution in [-0.4, -0.2) is 11.9 Å². The van der Waals surface area contributed by atoms with E-state index < -0.39 is 5.79 Å². The van der Waals surface area contributed by atoms with E-state index in [4.69, 9.17) is 9.47 Å². The molecule has 1 fully saturated rings. The lowest BCUT2D eigenvalue weighted by Crippen LogP contribution is -2.21. The highest BCUT2D eigenvalue weighted by Gasteiger charge is 2.41. The predicted octanol–water partition coefficient (Wildman–Crippen LogP) is 4.01. The maximum absolute atomic E-state index is 6.00. The standard InChI is InChI=1S/C16H20O2/c1-4-5-7-12-14-15(18-16(2,3)17-14)13-10-8-6-9-11-13/h4-11,14-15H,1,12H2,2-3H3/b7-5+/t14-,15+/m0/s1. The Morgan fingerprint density at radius 1 is 1.22 bits per heavy atom. The summed E-state index contributed by atoms with van der Waals surface area (Å²) in [4.78, 5) is 0. The number of rotatable bonds is 4. The summed E-state index contributed by atoms with van der Waals surface area (Å²) >= 11 is 0. The summed E-state index contributed by atoms with van der Waals surface area (Å²) in [7, 11) is 0. The van der Waals surface area contributed by atoms with E-state index in [1.807, 2.05) is 38.1 Å². The molecule has 0 aliphatic carbocycles. The minimum absolute atomic E-state index is 0.00401. The molecule has 0 bridgehead atoms. The number of benzene rings is 1. The molecule has 0 unspecified atom stereocenters. The van der Waals surface area contributed by atoms with Crippen molar-refractivity contribution in [1.29, 1.82) is 0 Å². The van der Waals surface area contributed by atoms with Gasteiger partial charge in [0, 0.05) is 0 Å². The SMILES string of the molecule is C=C/C=C/C[C@@H]1OC(C)(C)O[C@@H]1c1ccccc1. The van der Waals surface area contributed by atoms with Crippen molar-refractivity contribution in [2.75, 3.05) is 0 Å². The Hall–Kier alpha value is -1.38. The maximum Gasteiger partial charge on any atom is 0.164 e. The minimum Gasteiger partial charge on any atom is -0.344 e. The molecule has 2 nitrogen and oxygen atoms in total. The van der Waals surface area contributed by atoms with E-state index in [1.165, 1.54) is 5.56 Å². The molecule has 2 atom stereocenters. The van der Waals surface area contributed by atoms with Crippen LogP contribution in [0.25, 0.3) is 0 Å². The topological polar surface area (TPSA) is 18.5 Å². The van der Waals surface area contributed by atoms with Crippen LogP contribution < -0.4 is 0 Å². The summed E-state index contributed by atoms with van der Waals surface area (Å²) < 4.78 is 12.0. The molecule has 96 valence electrons. The fraction of sp³-hybridized carbons (Fsp3) is 0.375. The van der Waals surface area contributed by atoms with Gasteiger partial charge in [0.1, 0.15) is 6.10 Å². The first-order valence-electron chi connectivity index (χ1n) is 6.30. The van der Waals surface area contributed by atoms with Crippen molar-refractivity contribution in [2.45, 2.75) is 38.3 Å². The molecule has 18 heavy (non-hydrogen) atoms. The van der Waals surface area contributed by atoms with E-state index in [0.29, 0.717) is 0 Å². The number of allylic oxidation sites excluding steroid dienone is 2. The fourth-order valence-corrected chi connectivity index (χ4v) is 2.24. The lowest BCUT2D eigenvalue weighted by atomic mass is 10.0. The molecule has 0 aromatic heterocycles. The second-order valence-corrected chi connectivity index (χ2v) is 4.90. The van der Waals surface area contributed by atoms with Crippen LogP contribution in [0, 0.1) is 0 Å². The van der Waals surface area contributed by atoms with Crippen molar-refractivity contribution >= 4 is 0 Å². The second-order valence-electron chi connectivity index (χ2n) is 4.90. The van der Waals surface area contributed by atoms with Crippen LogP contribution in [0.2, 0.25) is 0 Å². The van der Waals surface area contributed by atoms with E-state index in [2.05, 4.69) is 24.8 Å². The first-order chi connectivity index (χ1) is 8.62. The predicted molar refractivity (Wildman–Crippen MR) is 73.2 cm³/mol. The number of hydrogen-bond donors (Lipinski definition) is 0. The molecule has 1 aromatic rings.